The van der Waals surface area contributed by atoms with Gasteiger partial charge in [-0.15, -0.1) is 11.3 Å². The third-order valence-corrected chi connectivity index (χ3v) is 7.48. The van der Waals surface area contributed by atoms with Crippen LogP contribution in [0.1, 0.15) is 26.4 Å². The van der Waals surface area contributed by atoms with Gasteiger partial charge in [-0.3, -0.25) is 9.52 Å². The number of nitrogens with zero attached hydrogens (tertiary/aromatic N) is 1. The zero-order valence-corrected chi connectivity index (χ0v) is 19.5. The molecule has 3 aromatic rings. The fraction of sp³-hybridized carbons (Fsp3) is 0.190. The number of carbonyl (C=O) groups excluding carboxylic acids is 1. The minimum atomic E-state index is -3.81. The second-order valence-electron chi connectivity index (χ2n) is 6.76. The van der Waals surface area contributed by atoms with Crippen molar-refractivity contribution >= 4 is 48.9 Å². The highest BCUT2D eigenvalue weighted by Gasteiger charge is 2.21. The quantitative estimate of drug-likeness (QED) is 0.513. The second kappa shape index (κ2) is 8.69. The Bertz CT molecular complexity index is 1160. The van der Waals surface area contributed by atoms with Gasteiger partial charge in [0.2, 0.25) is 0 Å². The van der Waals surface area contributed by atoms with E-state index in [9.17, 15) is 13.2 Å². The zero-order chi connectivity index (χ0) is 21.2. The van der Waals surface area contributed by atoms with Gasteiger partial charge < -0.3 is 4.90 Å². The van der Waals surface area contributed by atoms with E-state index >= 15 is 0 Å². The van der Waals surface area contributed by atoms with Crippen molar-refractivity contribution < 1.29 is 13.2 Å². The number of carbonyl (C=O) groups is 1. The molecule has 1 aromatic heterocycles. The summed E-state index contributed by atoms with van der Waals surface area (Å²) in [5.41, 5.74) is 2.43. The van der Waals surface area contributed by atoms with Gasteiger partial charge >= 0.3 is 0 Å². The first kappa shape index (κ1) is 21.5. The van der Waals surface area contributed by atoms with Gasteiger partial charge in [-0.25, -0.2) is 8.42 Å². The van der Waals surface area contributed by atoms with E-state index in [-0.39, 0.29) is 10.8 Å². The summed E-state index contributed by atoms with van der Waals surface area (Å²) in [6, 6.07) is 15.7. The highest BCUT2D eigenvalue weighted by Crippen LogP contribution is 2.25. The third kappa shape index (κ3) is 5.07. The molecule has 1 heterocycles. The number of benzene rings is 2. The van der Waals surface area contributed by atoms with Crippen LogP contribution in [-0.2, 0) is 16.6 Å². The standard InChI is InChI=1S/C21H21BrN2O3S2/c1-14-8-10-17(29(26,27)23-19-7-5-4-6-15(19)2)12-18(14)21(25)24(3)13-16-9-11-20(22)28-16/h4-12,23H,13H2,1-3H3. The van der Waals surface area contributed by atoms with E-state index in [0.717, 1.165) is 19.8 Å². The largest absolute Gasteiger partial charge is 0.337 e. The molecule has 0 bridgehead atoms. The Kier molecular flexibility index (Phi) is 6.45. The molecule has 0 atom stereocenters. The van der Waals surface area contributed by atoms with Crippen molar-refractivity contribution in [3.63, 3.8) is 0 Å². The lowest BCUT2D eigenvalue weighted by atomic mass is 10.1. The van der Waals surface area contributed by atoms with E-state index in [1.807, 2.05) is 31.2 Å². The van der Waals surface area contributed by atoms with Crippen molar-refractivity contribution in [1.29, 1.82) is 0 Å². The topological polar surface area (TPSA) is 66.5 Å². The summed E-state index contributed by atoms with van der Waals surface area (Å²) in [6.45, 7) is 4.08. The Labute approximate surface area is 183 Å². The lowest BCUT2D eigenvalue weighted by Gasteiger charge is -2.18. The molecule has 8 heteroatoms. The number of anilines is 1. The Hall–Kier alpha value is -2.16. The lowest BCUT2D eigenvalue weighted by molar-refractivity contribution is 0.0785. The normalized spacial score (nSPS) is 11.3. The van der Waals surface area contributed by atoms with E-state index in [0.29, 0.717) is 17.8 Å². The van der Waals surface area contributed by atoms with Crippen LogP contribution in [0.15, 0.2) is 63.3 Å². The first-order valence-corrected chi connectivity index (χ1v) is 12.0. The zero-order valence-electron chi connectivity index (χ0n) is 16.3. The van der Waals surface area contributed by atoms with Crippen LogP contribution < -0.4 is 4.72 Å². The molecule has 0 aliphatic carbocycles. The fourth-order valence-electron chi connectivity index (χ4n) is 2.84. The number of sulfonamides is 1. The number of aryl methyl sites for hydroxylation is 2. The molecule has 0 aliphatic heterocycles. The number of para-hydroxylation sites is 1. The number of thiophene rings is 1. The minimum absolute atomic E-state index is 0.0574. The summed E-state index contributed by atoms with van der Waals surface area (Å²) in [5.74, 6) is -0.222. The van der Waals surface area contributed by atoms with Gasteiger partial charge in [-0.05, 0) is 71.2 Å². The van der Waals surface area contributed by atoms with Crippen LogP contribution in [0.4, 0.5) is 5.69 Å². The summed E-state index contributed by atoms with van der Waals surface area (Å²) in [5, 5.41) is 0. The summed E-state index contributed by atoms with van der Waals surface area (Å²) in [7, 11) is -2.10. The van der Waals surface area contributed by atoms with Crippen LogP contribution in [-0.4, -0.2) is 26.3 Å². The van der Waals surface area contributed by atoms with Gasteiger partial charge in [0.1, 0.15) is 0 Å². The second-order valence-corrected chi connectivity index (χ2v) is 11.0. The summed E-state index contributed by atoms with van der Waals surface area (Å²) in [6.07, 6.45) is 0. The molecule has 0 fully saturated rings. The van der Waals surface area contributed by atoms with Crippen molar-refractivity contribution in [2.75, 3.05) is 11.8 Å². The van der Waals surface area contributed by atoms with Crippen LogP contribution in [0, 0.1) is 13.8 Å². The van der Waals surface area contributed by atoms with Gasteiger partial charge in [-0.1, -0.05) is 24.3 Å². The average molecular weight is 493 g/mol. The van der Waals surface area contributed by atoms with E-state index < -0.39 is 10.0 Å². The summed E-state index contributed by atoms with van der Waals surface area (Å²) < 4.78 is 29.3. The van der Waals surface area contributed by atoms with Crippen LogP contribution in [0.3, 0.4) is 0 Å². The number of halogens is 1. The maximum atomic E-state index is 13.0. The number of amides is 1. The maximum Gasteiger partial charge on any atom is 0.261 e. The summed E-state index contributed by atoms with van der Waals surface area (Å²) in [4.78, 5) is 15.7. The molecule has 2 aromatic carbocycles. The molecule has 1 N–H and O–H groups in total. The van der Waals surface area contributed by atoms with Crippen molar-refractivity contribution in [1.82, 2.24) is 4.90 Å². The number of rotatable bonds is 6. The van der Waals surface area contributed by atoms with Crippen molar-refractivity contribution in [2.24, 2.45) is 0 Å². The number of hydrogen-bond acceptors (Lipinski definition) is 4. The highest BCUT2D eigenvalue weighted by atomic mass is 79.9. The number of nitrogens with one attached hydrogen (secondary N) is 1. The number of hydrogen-bond donors (Lipinski definition) is 1. The van der Waals surface area contributed by atoms with Crippen LogP contribution in [0.2, 0.25) is 0 Å². The maximum absolute atomic E-state index is 13.0. The molecule has 0 spiro atoms. The minimum Gasteiger partial charge on any atom is -0.337 e. The van der Waals surface area contributed by atoms with E-state index in [4.69, 9.17) is 0 Å². The van der Waals surface area contributed by atoms with Crippen LogP contribution in [0.25, 0.3) is 0 Å². The van der Waals surface area contributed by atoms with E-state index in [1.165, 1.54) is 12.1 Å². The molecule has 152 valence electrons. The molecule has 3 rings (SSSR count). The van der Waals surface area contributed by atoms with Crippen LogP contribution in [0.5, 0.6) is 0 Å². The molecule has 29 heavy (non-hydrogen) atoms. The molecule has 0 saturated heterocycles. The monoisotopic (exact) mass is 492 g/mol. The van der Waals surface area contributed by atoms with E-state index in [1.54, 1.807) is 48.4 Å². The molecule has 0 unspecified atom stereocenters. The highest BCUT2D eigenvalue weighted by molar-refractivity contribution is 9.11. The molecular weight excluding hydrogens is 472 g/mol. The van der Waals surface area contributed by atoms with Crippen molar-refractivity contribution in [3.8, 4) is 0 Å². The average Bonchev–Trinajstić information content (AvgIpc) is 3.07. The first-order valence-electron chi connectivity index (χ1n) is 8.86. The van der Waals surface area contributed by atoms with E-state index in [2.05, 4.69) is 20.7 Å². The van der Waals surface area contributed by atoms with Gasteiger partial charge in [0.05, 0.1) is 20.9 Å². The summed E-state index contributed by atoms with van der Waals surface area (Å²) >= 11 is 4.98. The van der Waals surface area contributed by atoms with Gasteiger partial charge in [0, 0.05) is 17.5 Å². The lowest BCUT2D eigenvalue weighted by Crippen LogP contribution is -2.27. The predicted molar refractivity (Wildman–Crippen MR) is 121 cm³/mol. The first-order chi connectivity index (χ1) is 13.7. The fourth-order valence-corrected chi connectivity index (χ4v) is 5.53. The predicted octanol–water partition coefficient (Wildman–Crippen LogP) is 5.20. The smallest absolute Gasteiger partial charge is 0.261 e. The van der Waals surface area contributed by atoms with Gasteiger partial charge in [0.25, 0.3) is 15.9 Å². The SMILES string of the molecule is Cc1ccccc1NS(=O)(=O)c1ccc(C)c(C(=O)N(C)Cc2ccc(Br)s2)c1. The molecule has 1 amide bonds. The third-order valence-electron chi connectivity index (χ3n) is 4.51. The molecule has 5 nitrogen and oxygen atoms in total. The molecular formula is C21H21BrN2O3S2. The van der Waals surface area contributed by atoms with Crippen molar-refractivity contribution in [2.45, 2.75) is 25.3 Å². The Balaban J connectivity index is 1.87. The Morgan fingerprint density at radius 3 is 2.45 bits per heavy atom. The van der Waals surface area contributed by atoms with Crippen LogP contribution >= 0.6 is 27.3 Å². The molecule has 0 saturated carbocycles. The van der Waals surface area contributed by atoms with Crippen molar-refractivity contribution in [3.05, 3.63) is 80.0 Å². The molecule has 0 aliphatic rings. The Morgan fingerprint density at radius 1 is 1.07 bits per heavy atom. The van der Waals surface area contributed by atoms with Gasteiger partial charge in [-0.2, -0.15) is 0 Å². The van der Waals surface area contributed by atoms with Gasteiger partial charge in [0.15, 0.2) is 0 Å². The molecule has 0 radical (unpaired) electrons. The Morgan fingerprint density at radius 2 is 1.79 bits per heavy atom.